The molecule has 0 fully saturated rings. The Morgan fingerprint density at radius 1 is 1.38 bits per heavy atom. The number of amides is 1. The molecule has 0 aromatic heterocycles. The second-order valence-corrected chi connectivity index (χ2v) is 4.84. The number of carbonyl (C=O) groups is 2. The fraction of sp³-hybridized carbons (Fsp3) is 0.375. The minimum atomic E-state index is -4.61. The minimum Gasteiger partial charge on any atom is -0.489 e. The molecule has 1 N–H and O–H groups in total. The van der Waals surface area contributed by atoms with Crippen LogP contribution in [0.3, 0.4) is 0 Å². The van der Waals surface area contributed by atoms with Crippen LogP contribution in [0.2, 0.25) is 0 Å². The maximum Gasteiger partial charge on any atom is 0.416 e. The number of hydrogen-bond acceptors (Lipinski definition) is 3. The number of rotatable bonds is 8. The highest BCUT2D eigenvalue weighted by Crippen LogP contribution is 2.33. The summed E-state index contributed by atoms with van der Waals surface area (Å²) in [7, 11) is 0. The Kier molecular flexibility index (Phi) is 6.82. The van der Waals surface area contributed by atoms with E-state index in [1.807, 2.05) is 0 Å². The molecule has 5 nitrogen and oxygen atoms in total. The van der Waals surface area contributed by atoms with Crippen molar-refractivity contribution in [2.24, 2.45) is 0 Å². The topological polar surface area (TPSA) is 66.8 Å². The van der Waals surface area contributed by atoms with Crippen LogP contribution in [0.15, 0.2) is 30.9 Å². The monoisotopic (exact) mass is 345 g/mol. The Morgan fingerprint density at radius 2 is 2.04 bits per heavy atom. The summed E-state index contributed by atoms with van der Waals surface area (Å²) in [5.41, 5.74) is -1.25. The van der Waals surface area contributed by atoms with Crippen molar-refractivity contribution in [1.29, 1.82) is 0 Å². The number of halogens is 3. The van der Waals surface area contributed by atoms with Crippen LogP contribution in [0.25, 0.3) is 0 Å². The fourth-order valence-corrected chi connectivity index (χ4v) is 1.95. The summed E-state index contributed by atoms with van der Waals surface area (Å²) in [6.45, 7) is 5.12. The molecule has 0 spiro atoms. The molecule has 24 heavy (non-hydrogen) atoms. The molecule has 1 aromatic rings. The Morgan fingerprint density at radius 3 is 2.54 bits per heavy atom. The van der Waals surface area contributed by atoms with Crippen LogP contribution in [-0.4, -0.2) is 41.6 Å². The zero-order valence-electron chi connectivity index (χ0n) is 13.1. The molecule has 8 heteroatoms. The molecule has 0 saturated carbocycles. The molecular weight excluding hydrogens is 327 g/mol. The van der Waals surface area contributed by atoms with E-state index in [1.165, 1.54) is 6.08 Å². The summed E-state index contributed by atoms with van der Waals surface area (Å²) in [5, 5.41) is 8.71. The van der Waals surface area contributed by atoms with Gasteiger partial charge in [-0.15, -0.1) is 0 Å². The lowest BCUT2D eigenvalue weighted by atomic mass is 10.1. The van der Waals surface area contributed by atoms with Gasteiger partial charge in [0.2, 0.25) is 0 Å². The average Bonchev–Trinajstić information content (AvgIpc) is 2.51. The zero-order valence-corrected chi connectivity index (χ0v) is 13.1. The largest absolute Gasteiger partial charge is 0.489 e. The van der Waals surface area contributed by atoms with Gasteiger partial charge in [-0.25, -0.2) is 0 Å². The number of alkyl halides is 3. The molecule has 0 radical (unpaired) electrons. The van der Waals surface area contributed by atoms with E-state index in [2.05, 4.69) is 6.58 Å². The third-order valence-corrected chi connectivity index (χ3v) is 3.16. The van der Waals surface area contributed by atoms with E-state index in [-0.39, 0.29) is 37.4 Å². The van der Waals surface area contributed by atoms with Crippen LogP contribution < -0.4 is 4.74 Å². The average molecular weight is 345 g/mol. The summed E-state index contributed by atoms with van der Waals surface area (Å²) < 4.78 is 43.9. The van der Waals surface area contributed by atoms with Crippen molar-refractivity contribution in [3.63, 3.8) is 0 Å². The Hall–Kier alpha value is -2.51. The summed E-state index contributed by atoms with van der Waals surface area (Å²) in [6.07, 6.45) is -3.51. The number of carboxylic acids is 1. The maximum atomic E-state index is 12.9. The van der Waals surface area contributed by atoms with Gasteiger partial charge in [0.15, 0.2) is 0 Å². The fourth-order valence-electron chi connectivity index (χ4n) is 1.95. The van der Waals surface area contributed by atoms with Crippen LogP contribution in [0, 0.1) is 0 Å². The number of carbonyl (C=O) groups excluding carboxylic acids is 1. The number of benzene rings is 1. The number of carboxylic acid groups (broad SMARTS) is 1. The van der Waals surface area contributed by atoms with E-state index in [9.17, 15) is 22.8 Å². The Labute approximate surface area is 137 Å². The third-order valence-electron chi connectivity index (χ3n) is 3.16. The van der Waals surface area contributed by atoms with Crippen LogP contribution >= 0.6 is 0 Å². The quantitative estimate of drug-likeness (QED) is 0.735. The molecule has 0 bridgehead atoms. The standard InChI is InChI=1S/C16H18F3NO4/c1-3-9-24-13-6-5-11(16(17,18)19)10-12(13)15(23)20(4-2)8-7-14(21)22/h3,5-6,10H,1,4,7-9H2,2H3,(H,21,22). The van der Waals surface area contributed by atoms with Crippen molar-refractivity contribution >= 4 is 11.9 Å². The van der Waals surface area contributed by atoms with E-state index in [4.69, 9.17) is 9.84 Å². The molecule has 1 rings (SSSR count). The van der Waals surface area contributed by atoms with Gasteiger partial charge >= 0.3 is 12.1 Å². The first-order valence-corrected chi connectivity index (χ1v) is 7.16. The highest BCUT2D eigenvalue weighted by atomic mass is 19.4. The highest BCUT2D eigenvalue weighted by molar-refractivity contribution is 5.97. The molecule has 0 aliphatic rings. The zero-order chi connectivity index (χ0) is 18.3. The maximum absolute atomic E-state index is 12.9. The first-order chi connectivity index (χ1) is 11.2. The van der Waals surface area contributed by atoms with Gasteiger partial charge in [0.05, 0.1) is 17.5 Å². The van der Waals surface area contributed by atoms with Crippen molar-refractivity contribution in [3.8, 4) is 5.75 Å². The van der Waals surface area contributed by atoms with E-state index in [1.54, 1.807) is 6.92 Å². The number of ether oxygens (including phenoxy) is 1. The summed E-state index contributed by atoms with van der Waals surface area (Å²) in [5.74, 6) is -1.83. The molecule has 132 valence electrons. The second kappa shape index (κ2) is 8.37. The van der Waals surface area contributed by atoms with Crippen molar-refractivity contribution in [1.82, 2.24) is 4.90 Å². The van der Waals surface area contributed by atoms with E-state index < -0.39 is 23.6 Å². The highest BCUT2D eigenvalue weighted by Gasteiger charge is 2.32. The van der Waals surface area contributed by atoms with Crippen molar-refractivity contribution in [3.05, 3.63) is 42.0 Å². The molecule has 0 heterocycles. The lowest BCUT2D eigenvalue weighted by molar-refractivity contribution is -0.138. The molecule has 0 saturated heterocycles. The Bertz CT molecular complexity index is 614. The first kappa shape index (κ1) is 19.5. The van der Waals surface area contributed by atoms with Gasteiger partial charge in [0, 0.05) is 13.1 Å². The lowest BCUT2D eigenvalue weighted by Gasteiger charge is -2.22. The van der Waals surface area contributed by atoms with Crippen LogP contribution in [-0.2, 0) is 11.0 Å². The number of hydrogen-bond donors (Lipinski definition) is 1. The predicted molar refractivity (Wildman–Crippen MR) is 81.0 cm³/mol. The normalized spacial score (nSPS) is 11.0. The van der Waals surface area contributed by atoms with Gasteiger partial charge < -0.3 is 14.7 Å². The summed E-state index contributed by atoms with van der Waals surface area (Å²) in [4.78, 5) is 24.3. The molecule has 0 aliphatic carbocycles. The lowest BCUT2D eigenvalue weighted by Crippen LogP contribution is -2.33. The first-order valence-electron chi connectivity index (χ1n) is 7.16. The number of nitrogens with zero attached hydrogens (tertiary/aromatic N) is 1. The molecular formula is C16H18F3NO4. The van der Waals surface area contributed by atoms with E-state index in [0.717, 1.165) is 17.0 Å². The van der Waals surface area contributed by atoms with Gasteiger partial charge in [0.1, 0.15) is 12.4 Å². The van der Waals surface area contributed by atoms with Crippen LogP contribution in [0.4, 0.5) is 13.2 Å². The van der Waals surface area contributed by atoms with Gasteiger partial charge in [0.25, 0.3) is 5.91 Å². The third kappa shape index (κ3) is 5.29. The minimum absolute atomic E-state index is 0.0123. The smallest absolute Gasteiger partial charge is 0.416 e. The van der Waals surface area contributed by atoms with Gasteiger partial charge in [-0.05, 0) is 25.1 Å². The molecule has 1 amide bonds. The van der Waals surface area contributed by atoms with Gasteiger partial charge in [-0.3, -0.25) is 9.59 Å². The van der Waals surface area contributed by atoms with Crippen molar-refractivity contribution in [2.75, 3.05) is 19.7 Å². The van der Waals surface area contributed by atoms with Crippen LogP contribution in [0.1, 0.15) is 29.3 Å². The summed E-state index contributed by atoms with van der Waals surface area (Å²) >= 11 is 0. The molecule has 0 aliphatic heterocycles. The van der Waals surface area contributed by atoms with Crippen LogP contribution in [0.5, 0.6) is 5.75 Å². The van der Waals surface area contributed by atoms with Crippen molar-refractivity contribution in [2.45, 2.75) is 19.5 Å². The summed E-state index contributed by atoms with van der Waals surface area (Å²) in [6, 6.07) is 2.61. The molecule has 1 aromatic carbocycles. The predicted octanol–water partition coefficient (Wildman–Crippen LogP) is 3.21. The van der Waals surface area contributed by atoms with E-state index >= 15 is 0 Å². The SMILES string of the molecule is C=CCOc1ccc(C(F)(F)F)cc1C(=O)N(CC)CCC(=O)O. The van der Waals surface area contributed by atoms with Crippen molar-refractivity contribution < 1.29 is 32.6 Å². The van der Waals surface area contributed by atoms with E-state index in [0.29, 0.717) is 6.07 Å². The van der Waals surface area contributed by atoms with Gasteiger partial charge in [-0.1, -0.05) is 12.7 Å². The Balaban J connectivity index is 3.21. The second-order valence-electron chi connectivity index (χ2n) is 4.84. The van der Waals surface area contributed by atoms with Gasteiger partial charge in [-0.2, -0.15) is 13.2 Å². The molecule has 0 atom stereocenters. The molecule has 0 unspecified atom stereocenters. The number of aliphatic carboxylic acids is 1.